The van der Waals surface area contributed by atoms with Gasteiger partial charge < -0.3 is 0 Å². The van der Waals surface area contributed by atoms with Crippen molar-refractivity contribution >= 4 is 34.6 Å². The summed E-state index contributed by atoms with van der Waals surface area (Å²) in [5.74, 6) is 5.93. The smallest absolute Gasteiger partial charge is 0.138 e. The molecule has 0 unspecified atom stereocenters. The lowest BCUT2D eigenvalue weighted by atomic mass is 10.0. The fourth-order valence-electron chi connectivity index (χ4n) is 6.14. The molecule has 5 aromatic rings. The zero-order valence-electron chi connectivity index (χ0n) is 32.9. The highest BCUT2D eigenvalue weighted by molar-refractivity contribution is 5.79. The van der Waals surface area contributed by atoms with Gasteiger partial charge in [0.25, 0.3) is 0 Å². The molecule has 0 saturated heterocycles. The zero-order valence-corrected chi connectivity index (χ0v) is 32.9. The van der Waals surface area contributed by atoms with Gasteiger partial charge in [0.1, 0.15) is 23.3 Å². The van der Waals surface area contributed by atoms with Gasteiger partial charge in [0, 0.05) is 24.8 Å². The maximum atomic E-state index is 5.01. The fourth-order valence-corrected chi connectivity index (χ4v) is 6.14. The third-order valence-corrected chi connectivity index (χ3v) is 9.54. The average molecular weight is 697 g/mol. The Balaban J connectivity index is 1.55. The molecule has 0 aliphatic rings. The molecule has 0 atom stereocenters. The van der Waals surface area contributed by atoms with Crippen molar-refractivity contribution in [2.75, 3.05) is 9.80 Å². The molecule has 0 N–H and O–H groups in total. The first-order valence-electron chi connectivity index (χ1n) is 19.6. The lowest BCUT2D eigenvalue weighted by Gasteiger charge is -2.27. The van der Waals surface area contributed by atoms with Gasteiger partial charge in [-0.2, -0.15) is 0 Å². The lowest BCUT2D eigenvalue weighted by Crippen LogP contribution is -2.16. The van der Waals surface area contributed by atoms with Crippen LogP contribution >= 0.6 is 0 Å². The van der Waals surface area contributed by atoms with Gasteiger partial charge >= 0.3 is 0 Å². The van der Waals surface area contributed by atoms with E-state index >= 15 is 0 Å². The third kappa shape index (κ3) is 11.2. The van der Waals surface area contributed by atoms with Crippen molar-refractivity contribution < 1.29 is 0 Å². The van der Waals surface area contributed by atoms with Gasteiger partial charge in [-0.25, -0.2) is 19.9 Å². The number of benzene rings is 1. The van der Waals surface area contributed by atoms with Crippen LogP contribution in [-0.2, 0) is 25.7 Å². The molecule has 4 heterocycles. The van der Waals surface area contributed by atoms with Gasteiger partial charge in [-0.05, 0) is 140 Å². The Morgan fingerprint density at radius 1 is 0.385 bits per heavy atom. The number of anilines is 6. The number of aromatic nitrogens is 4. The first-order chi connectivity index (χ1) is 25.0. The Hall–Kier alpha value is -4.58. The van der Waals surface area contributed by atoms with Crippen molar-refractivity contribution in [1.29, 1.82) is 0 Å². The molecule has 0 saturated carbocycles. The number of hydrogen-bond donors (Lipinski definition) is 0. The minimum absolute atomic E-state index is 0.650. The van der Waals surface area contributed by atoms with Crippen molar-refractivity contribution in [3.05, 3.63) is 120 Å². The molecule has 0 aliphatic carbocycles. The molecule has 1 aromatic carbocycles. The maximum absolute atomic E-state index is 5.01. The van der Waals surface area contributed by atoms with E-state index in [0.717, 1.165) is 86.0 Å². The van der Waals surface area contributed by atoms with E-state index in [1.54, 1.807) is 0 Å². The largest absolute Gasteiger partial charge is 0.279 e. The van der Waals surface area contributed by atoms with Gasteiger partial charge in [-0.3, -0.25) is 9.80 Å². The summed E-state index contributed by atoms with van der Waals surface area (Å²) in [5, 5.41) is 0. The molecule has 0 fully saturated rings. The quantitative estimate of drug-likeness (QED) is 0.0909. The minimum Gasteiger partial charge on any atom is -0.279 e. The standard InChI is InChI=1S/C46H60N6/c1-33(2)12-16-37-20-24-43(47-29-37)51(44-25-21-38(30-48-44)17-13-34(3)4)41-10-9-11-42(28-41)52(45-26-22-39(31-49-45)18-14-35(5)6)46-27-23-40(32-50-46)19-15-36(7)8/h9-11,20-36H,12-19H2,1-8H3. The molecule has 274 valence electrons. The monoisotopic (exact) mass is 696 g/mol. The number of hydrogen-bond acceptors (Lipinski definition) is 6. The van der Waals surface area contributed by atoms with Crippen molar-refractivity contribution in [3.8, 4) is 0 Å². The predicted molar refractivity (Wildman–Crippen MR) is 220 cm³/mol. The van der Waals surface area contributed by atoms with E-state index in [0.29, 0.717) is 23.7 Å². The number of aryl methyl sites for hydroxylation is 4. The van der Waals surface area contributed by atoms with E-state index in [2.05, 4.69) is 138 Å². The molecule has 6 nitrogen and oxygen atoms in total. The van der Waals surface area contributed by atoms with Gasteiger partial charge in [-0.1, -0.05) is 85.7 Å². The molecule has 0 amide bonds. The van der Waals surface area contributed by atoms with Crippen LogP contribution in [0.5, 0.6) is 0 Å². The topological polar surface area (TPSA) is 58.0 Å². The van der Waals surface area contributed by atoms with Crippen LogP contribution in [-0.4, -0.2) is 19.9 Å². The Labute approximate surface area is 313 Å². The molecule has 5 rings (SSSR count). The van der Waals surface area contributed by atoms with Gasteiger partial charge in [0.05, 0.1) is 11.4 Å². The molecule has 0 bridgehead atoms. The maximum Gasteiger partial charge on any atom is 0.138 e. The summed E-state index contributed by atoms with van der Waals surface area (Å²) in [6.07, 6.45) is 16.7. The van der Waals surface area contributed by atoms with E-state index in [9.17, 15) is 0 Å². The Morgan fingerprint density at radius 3 is 0.865 bits per heavy atom. The highest BCUT2D eigenvalue weighted by atomic mass is 15.3. The van der Waals surface area contributed by atoms with E-state index in [4.69, 9.17) is 19.9 Å². The molecule has 0 spiro atoms. The van der Waals surface area contributed by atoms with Crippen LogP contribution in [0.3, 0.4) is 0 Å². The highest BCUT2D eigenvalue weighted by Crippen LogP contribution is 2.38. The second kappa shape index (κ2) is 18.8. The first kappa shape index (κ1) is 38.6. The summed E-state index contributed by atoms with van der Waals surface area (Å²) in [5.41, 5.74) is 6.93. The number of pyridine rings is 4. The highest BCUT2D eigenvalue weighted by Gasteiger charge is 2.20. The van der Waals surface area contributed by atoms with Crippen molar-refractivity contribution in [2.24, 2.45) is 23.7 Å². The van der Waals surface area contributed by atoms with E-state index in [1.807, 2.05) is 24.8 Å². The molecule has 6 heteroatoms. The van der Waals surface area contributed by atoms with Crippen molar-refractivity contribution in [2.45, 2.75) is 107 Å². The Kier molecular flexibility index (Phi) is 14.0. The van der Waals surface area contributed by atoms with Gasteiger partial charge in [0.15, 0.2) is 0 Å². The summed E-state index contributed by atoms with van der Waals surface area (Å²) in [6, 6.07) is 25.9. The predicted octanol–water partition coefficient (Wildman–Crippen LogP) is 12.6. The van der Waals surface area contributed by atoms with Crippen LogP contribution < -0.4 is 9.80 Å². The summed E-state index contributed by atoms with van der Waals surface area (Å²) >= 11 is 0. The molecular formula is C46H60N6. The van der Waals surface area contributed by atoms with Crippen LogP contribution in [0.15, 0.2) is 97.6 Å². The molecular weight excluding hydrogens is 637 g/mol. The molecule has 52 heavy (non-hydrogen) atoms. The summed E-state index contributed by atoms with van der Waals surface area (Å²) in [4.78, 5) is 24.4. The van der Waals surface area contributed by atoms with Crippen LogP contribution in [0.2, 0.25) is 0 Å². The Morgan fingerprint density at radius 2 is 0.654 bits per heavy atom. The molecule has 0 radical (unpaired) electrons. The number of rotatable bonds is 18. The van der Waals surface area contributed by atoms with Gasteiger partial charge in [0.2, 0.25) is 0 Å². The summed E-state index contributed by atoms with van der Waals surface area (Å²) < 4.78 is 0. The van der Waals surface area contributed by atoms with E-state index < -0.39 is 0 Å². The van der Waals surface area contributed by atoms with Crippen molar-refractivity contribution in [1.82, 2.24) is 19.9 Å². The van der Waals surface area contributed by atoms with Crippen LogP contribution in [0.25, 0.3) is 0 Å². The van der Waals surface area contributed by atoms with Crippen molar-refractivity contribution in [3.63, 3.8) is 0 Å². The first-order valence-corrected chi connectivity index (χ1v) is 19.6. The zero-order chi connectivity index (χ0) is 37.0. The second-order valence-corrected chi connectivity index (χ2v) is 16.0. The van der Waals surface area contributed by atoms with E-state index in [1.165, 1.54) is 22.3 Å². The van der Waals surface area contributed by atoms with Crippen LogP contribution in [0, 0.1) is 23.7 Å². The SMILES string of the molecule is CC(C)CCc1ccc(N(c2cccc(N(c3ccc(CCC(C)C)cn3)c3ccc(CCC(C)C)cn3)c2)c2ccc(CCC(C)C)cn2)nc1. The molecule has 0 aliphatic heterocycles. The molecule has 4 aromatic heterocycles. The lowest BCUT2D eigenvalue weighted by molar-refractivity contribution is 0.586. The second-order valence-electron chi connectivity index (χ2n) is 16.0. The van der Waals surface area contributed by atoms with Crippen LogP contribution in [0.1, 0.15) is 103 Å². The van der Waals surface area contributed by atoms with E-state index in [-0.39, 0.29) is 0 Å². The van der Waals surface area contributed by atoms with Gasteiger partial charge in [-0.15, -0.1) is 0 Å². The number of nitrogens with zero attached hydrogens (tertiary/aromatic N) is 6. The third-order valence-electron chi connectivity index (χ3n) is 9.54. The average Bonchev–Trinajstić information content (AvgIpc) is 3.14. The van der Waals surface area contributed by atoms with Crippen LogP contribution in [0.4, 0.5) is 34.6 Å². The normalized spacial score (nSPS) is 11.6. The minimum atomic E-state index is 0.650. The summed E-state index contributed by atoms with van der Waals surface area (Å²) in [6.45, 7) is 18.1. The Bertz CT molecular complexity index is 1530. The summed E-state index contributed by atoms with van der Waals surface area (Å²) in [7, 11) is 0. The fraction of sp³-hybridized carbons (Fsp3) is 0.435.